The Labute approximate surface area is 609 Å². The fraction of sp³-hybridized carbons (Fsp3) is 0.672. The van der Waals surface area contributed by atoms with E-state index in [9.17, 15) is 61.6 Å². The third kappa shape index (κ3) is 25.2. The van der Waals surface area contributed by atoms with Gasteiger partial charge in [0.05, 0.1) is 6.61 Å². The van der Waals surface area contributed by atoms with Crippen molar-refractivity contribution in [3.05, 3.63) is 94.4 Å². The van der Waals surface area contributed by atoms with Crippen molar-refractivity contribution in [3.8, 4) is 5.88 Å². The van der Waals surface area contributed by atoms with Gasteiger partial charge >= 0.3 is 67.5 Å². The summed E-state index contributed by atoms with van der Waals surface area (Å²) in [5, 5.41) is 39.9. The van der Waals surface area contributed by atoms with Crippen LogP contribution in [-0.2, 0) is 47.5 Å². The molecule has 8 rings (SSSR count). The van der Waals surface area contributed by atoms with E-state index >= 15 is 0 Å². The number of carbonyl (C=O) groups excluding carboxylic acids is 3. The third-order valence-corrected chi connectivity index (χ3v) is 21.2. The molecule has 0 saturated carbocycles. The van der Waals surface area contributed by atoms with E-state index in [1.807, 2.05) is 19.9 Å². The Bertz CT molecular complexity index is 3540. The molecule has 4 aliphatic heterocycles. The van der Waals surface area contributed by atoms with Crippen LogP contribution >= 0.6 is 83.5 Å². The van der Waals surface area contributed by atoms with E-state index in [1.165, 1.54) is 65.2 Å². The molecule has 0 spiro atoms. The Balaban J connectivity index is 0.000000317. The maximum atomic E-state index is 13.6. The molecule has 7 N–H and O–H groups in total. The van der Waals surface area contributed by atoms with Crippen LogP contribution in [0.3, 0.4) is 0 Å². The van der Waals surface area contributed by atoms with Crippen molar-refractivity contribution < 1.29 is 90.0 Å². The summed E-state index contributed by atoms with van der Waals surface area (Å²) in [6.45, 7) is 23.7. The molecule has 0 radical (unpaired) electrons. The predicted molar refractivity (Wildman–Crippen MR) is 378 cm³/mol. The molecule has 5 unspecified atom stereocenters. The zero-order valence-corrected chi connectivity index (χ0v) is 68.2. The monoisotopic (exact) mass is 1700 g/mol. The molecule has 0 aliphatic carbocycles. The molecular formula is C58H88Cl4F4N8O18S4Si2Sn. The maximum absolute atomic E-state index is 13.6. The Morgan fingerprint density at radius 3 is 1.32 bits per heavy atom. The second-order valence-electron chi connectivity index (χ2n) is 25.2. The Kier molecular flexibility index (Phi) is 35.1. The van der Waals surface area contributed by atoms with Crippen LogP contribution < -0.4 is 21.1 Å². The Hall–Kier alpha value is -3.27. The van der Waals surface area contributed by atoms with E-state index < -0.39 is 164 Å². The molecule has 4 fully saturated rings. The van der Waals surface area contributed by atoms with Crippen molar-refractivity contribution in [3.63, 3.8) is 0 Å². The number of esters is 3. The number of hydrogen-bond acceptors (Lipinski definition) is 24. The van der Waals surface area contributed by atoms with Crippen LogP contribution in [0.4, 0.5) is 17.6 Å². The number of alkyl halides is 4. The van der Waals surface area contributed by atoms with Crippen LogP contribution in [0.25, 0.3) is 0 Å². The summed E-state index contributed by atoms with van der Waals surface area (Å²) in [7, 11) is 17.3. The molecule has 4 aliphatic rings. The van der Waals surface area contributed by atoms with E-state index in [2.05, 4.69) is 64.2 Å². The summed E-state index contributed by atoms with van der Waals surface area (Å²) in [5.74, 6) is -1.94. The number of H-pyrrole nitrogens is 3. The zero-order valence-electron chi connectivity index (χ0n) is 57.1. The van der Waals surface area contributed by atoms with Gasteiger partial charge in [0.25, 0.3) is 16.7 Å². The van der Waals surface area contributed by atoms with Crippen LogP contribution in [0.1, 0.15) is 100 Å². The summed E-state index contributed by atoms with van der Waals surface area (Å²) in [6, 6.07) is 5.56. The van der Waals surface area contributed by atoms with Crippen LogP contribution in [0, 0.1) is 32.1 Å². The van der Waals surface area contributed by atoms with Crippen molar-refractivity contribution in [2.24, 2.45) is 17.8 Å². The van der Waals surface area contributed by atoms with Gasteiger partial charge in [0.2, 0.25) is 20.5 Å². The zero-order chi connectivity index (χ0) is 75.7. The van der Waals surface area contributed by atoms with Crippen LogP contribution in [0.2, 0.25) is 39.3 Å². The van der Waals surface area contributed by atoms with Gasteiger partial charge in [-0.1, -0.05) is 61.2 Å². The first-order valence-electron chi connectivity index (χ1n) is 30.8. The first-order valence-corrected chi connectivity index (χ1v) is 54.9. The second-order valence-corrected chi connectivity index (χ2v) is 65.3. The summed E-state index contributed by atoms with van der Waals surface area (Å²) in [4.78, 5) is 82.9. The van der Waals surface area contributed by atoms with Crippen LogP contribution in [0.15, 0.2) is 68.6 Å². The van der Waals surface area contributed by atoms with Gasteiger partial charge < -0.3 is 58.0 Å². The Morgan fingerprint density at radius 1 is 0.606 bits per heavy atom. The topological polar surface area (TPSA) is 345 Å². The summed E-state index contributed by atoms with van der Waals surface area (Å²) in [5.41, 5.74) is -6.12. The molecule has 0 amide bonds. The molecule has 4 saturated heterocycles. The van der Waals surface area contributed by atoms with Gasteiger partial charge in [0.15, 0.2) is 56.0 Å². The quantitative estimate of drug-likeness (QED) is 0.0122. The fourth-order valence-electron chi connectivity index (χ4n) is 10.5. The predicted octanol–water partition coefficient (Wildman–Crippen LogP) is 10.1. The number of halogens is 8. The first kappa shape index (κ1) is 89.9. The molecule has 16 atom stereocenters. The number of aliphatic hydroxyl groups excluding tert-OH is 4. The van der Waals surface area contributed by atoms with E-state index in [-0.39, 0.29) is 43.2 Å². The number of nitrogens with one attached hydrogen (secondary N) is 3. The number of rotatable bonds is 18. The number of aromatic amines is 3. The van der Waals surface area contributed by atoms with E-state index in [0.29, 0.717) is 19.3 Å². The van der Waals surface area contributed by atoms with Gasteiger partial charge in [-0.3, -0.25) is 57.4 Å². The fourth-order valence-corrected chi connectivity index (χ4v) is 14.8. The molecule has 560 valence electrons. The molecule has 4 aromatic heterocycles. The standard InChI is InChI=1S/C14H19FN2O4S.C12H17FN2O3S.C12H19FO5.C10H13FN2O5S.C10H20N2OSSi2.4ClH.Sn/c1-4-14(7-15)8(2)11(20-9(3)18)12(21-14)17-6-5-10(19)16-13(17)22;1-3-12(6-13)7(2)9(17)10(18-12)15-5-4-8(16)14-11(15)19;1-5-12(6-13)7(2)10(16-8(3)14)11(18-12)17-9(4)15;11-3-10(4-14)7(17)6(16)8(18-10)13-2-1-5(15)12-9(13)19;1-15(2,3)13-9-7-8-11-10(12-9)14-16(4,5)6;;;;;/h5-6,8,11-12H,4,7H2,1-3H3,(H,16,19,22);4-5,7,9-10,17H,3,6H2,1-2H3,(H,14,16,19);7,10-11H,5-6H2,1-4H3;1-2,6-8,14,16-17H,3-4H2,(H,12,15,19);7-8H,1-6H3;4*1H;/q;;;;;;;;;+4/p-4/t8-,11+,12?,14-;7-,9+,10?,12-;7-,10?,11?,12+;6-,7+,8?,10-;;;;;;/m0011....../s1. The van der Waals surface area contributed by atoms with Gasteiger partial charge in [-0.25, -0.2) is 22.5 Å². The SMILES string of the molecule is CC[C@@]1(CF)OC(OC(C)=O)C(OC(C)=O)[C@H]1C.CC[C@@]1(CF)OC(n2ccc(=O)[nH]c2=S)[C@H](O)[C@@H]1C.CC[C@@]1(CF)OC(n2ccc(=O)[nH]c2=S)[C@H](OC(C)=O)[C@@H]1C.C[Si](C)(C)Oc1ccnc(S[Si](C)(C)C)n1.O=c1ccn(C2O[C@@](CO)(CF)[C@@H](O)[C@H]2O)c(=S)[nH]1.[Cl][Sn]([Cl])([Cl])[Cl]. The molecule has 0 aromatic carbocycles. The van der Waals surface area contributed by atoms with Gasteiger partial charge in [-0.05, 0) is 75.6 Å². The van der Waals surface area contributed by atoms with Crippen LogP contribution in [0.5, 0.6) is 5.88 Å². The van der Waals surface area contributed by atoms with Gasteiger partial charge in [0, 0.05) is 87.6 Å². The number of aromatic nitrogens is 8. The van der Waals surface area contributed by atoms with E-state index in [0.717, 1.165) is 17.1 Å². The van der Waals surface area contributed by atoms with Crippen molar-refractivity contribution in [1.29, 1.82) is 0 Å². The Morgan fingerprint density at radius 2 is 0.970 bits per heavy atom. The second kappa shape index (κ2) is 38.7. The van der Waals surface area contributed by atoms with E-state index in [1.54, 1.807) is 45.1 Å². The molecular weight excluding hydrogens is 1620 g/mol. The molecule has 41 heteroatoms. The number of hydrogen-bond donors (Lipinski definition) is 7. The molecule has 0 bridgehead atoms. The van der Waals surface area contributed by atoms with Gasteiger partial charge in [-0.2, -0.15) is 4.98 Å². The number of carbonyl (C=O) groups is 3. The van der Waals surface area contributed by atoms with E-state index in [4.69, 9.17) is 115 Å². The average Bonchev–Trinajstić information content (AvgIpc) is 1.64. The molecule has 26 nitrogen and oxygen atoms in total. The minimum atomic E-state index is -3.29. The van der Waals surface area contributed by atoms with Gasteiger partial charge in [0.1, 0.15) is 69.0 Å². The van der Waals surface area contributed by atoms with Crippen molar-refractivity contribution >= 4 is 131 Å². The molecule has 99 heavy (non-hydrogen) atoms. The first-order chi connectivity index (χ1) is 45.8. The number of nitrogens with zero attached hydrogens (tertiary/aromatic N) is 5. The third-order valence-electron chi connectivity index (χ3n) is 16.0. The van der Waals surface area contributed by atoms with Crippen molar-refractivity contribution in [2.75, 3.05) is 33.3 Å². The normalized spacial score (nSPS) is 29.3. The average molecular weight is 1710 g/mol. The molecule has 4 aromatic rings. The van der Waals surface area contributed by atoms with Crippen molar-refractivity contribution in [2.45, 2.75) is 204 Å². The number of aliphatic hydroxyl groups is 4. The van der Waals surface area contributed by atoms with Crippen LogP contribution in [-0.4, -0.2) is 199 Å². The summed E-state index contributed by atoms with van der Waals surface area (Å²) < 4.78 is 101. The number of ether oxygens (including phenoxy) is 7. The van der Waals surface area contributed by atoms with Gasteiger partial charge in [-0.15, -0.1) is 11.2 Å². The summed E-state index contributed by atoms with van der Waals surface area (Å²) >= 11 is 13.6. The molecule has 8 heterocycles. The van der Waals surface area contributed by atoms with Crippen molar-refractivity contribution in [1.82, 2.24) is 38.6 Å². The summed E-state index contributed by atoms with van der Waals surface area (Å²) in [6.07, 6.45) is -2.01. The minimum absolute atomic E-state index is 0.0450.